The zero-order chi connectivity index (χ0) is 16.4. The van der Waals surface area contributed by atoms with Gasteiger partial charge >= 0.3 is 0 Å². The molecule has 1 aromatic carbocycles. The second-order valence-electron chi connectivity index (χ2n) is 6.91. The Hall–Kier alpha value is -1.10. The van der Waals surface area contributed by atoms with Crippen LogP contribution in [-0.4, -0.2) is 59.6 Å². The number of aliphatic hydroxyl groups excluding tert-OH is 1. The highest BCUT2D eigenvalue weighted by Gasteiger charge is 2.35. The molecular weight excluding hydrogens is 312 g/mol. The molecule has 0 aromatic heterocycles. The number of benzene rings is 1. The number of carbonyl (C=O) groups excluding carboxylic acids is 1. The summed E-state index contributed by atoms with van der Waals surface area (Å²) in [4.78, 5) is 17.0. The van der Waals surface area contributed by atoms with E-state index in [4.69, 9.17) is 11.6 Å². The quantitative estimate of drug-likeness (QED) is 0.899. The van der Waals surface area contributed by atoms with Gasteiger partial charge in [-0.3, -0.25) is 9.69 Å². The summed E-state index contributed by atoms with van der Waals surface area (Å²) in [6, 6.07) is 7.33. The Bertz CT molecular complexity index is 536. The zero-order valence-corrected chi connectivity index (χ0v) is 14.4. The number of hydrogen-bond donors (Lipinski definition) is 1. The van der Waals surface area contributed by atoms with Crippen LogP contribution in [0.5, 0.6) is 0 Å². The molecule has 1 aliphatic carbocycles. The third kappa shape index (κ3) is 3.87. The minimum atomic E-state index is -0.198. The van der Waals surface area contributed by atoms with E-state index in [1.165, 1.54) is 25.7 Å². The summed E-state index contributed by atoms with van der Waals surface area (Å²) in [6.07, 6.45) is 4.70. The number of likely N-dealkylation sites (N-methyl/N-ethyl adjacent to an activating group) is 1. The first kappa shape index (κ1) is 16.7. The van der Waals surface area contributed by atoms with Crippen LogP contribution in [0.2, 0.25) is 5.02 Å². The fourth-order valence-electron chi connectivity index (χ4n) is 3.83. The first-order valence-electron chi connectivity index (χ1n) is 8.47. The van der Waals surface area contributed by atoms with Crippen LogP contribution in [0.4, 0.5) is 0 Å². The first-order valence-corrected chi connectivity index (χ1v) is 8.85. The molecule has 0 spiro atoms. The lowest BCUT2D eigenvalue weighted by atomic mass is 9.94. The monoisotopic (exact) mass is 336 g/mol. The van der Waals surface area contributed by atoms with Crippen molar-refractivity contribution < 1.29 is 9.90 Å². The summed E-state index contributed by atoms with van der Waals surface area (Å²) in [5.41, 5.74) is 0.684. The maximum atomic E-state index is 12.8. The van der Waals surface area contributed by atoms with Crippen LogP contribution < -0.4 is 0 Å². The SMILES string of the molecule is CN(C(=O)c1ccc(Cl)cc1)C(CN1CC(O)C1)C1CCCC1. The molecule has 1 aliphatic heterocycles. The third-order valence-corrected chi connectivity index (χ3v) is 5.49. The highest BCUT2D eigenvalue weighted by molar-refractivity contribution is 6.30. The number of rotatable bonds is 5. The van der Waals surface area contributed by atoms with Crippen LogP contribution >= 0.6 is 11.6 Å². The van der Waals surface area contributed by atoms with E-state index in [2.05, 4.69) is 4.90 Å². The number of halogens is 1. The molecule has 1 amide bonds. The Kier molecular flexibility index (Phi) is 5.24. The molecule has 4 nitrogen and oxygen atoms in total. The van der Waals surface area contributed by atoms with Crippen molar-refractivity contribution in [1.29, 1.82) is 0 Å². The third-order valence-electron chi connectivity index (χ3n) is 5.24. The Balaban J connectivity index is 1.71. The lowest BCUT2D eigenvalue weighted by molar-refractivity contribution is -0.0166. The molecule has 0 bridgehead atoms. The summed E-state index contributed by atoms with van der Waals surface area (Å²) in [6.45, 7) is 2.32. The van der Waals surface area contributed by atoms with Crippen molar-refractivity contribution in [3.63, 3.8) is 0 Å². The number of aliphatic hydroxyl groups is 1. The van der Waals surface area contributed by atoms with Gasteiger partial charge in [0, 0.05) is 43.3 Å². The second kappa shape index (κ2) is 7.20. The van der Waals surface area contributed by atoms with Crippen molar-refractivity contribution >= 4 is 17.5 Å². The van der Waals surface area contributed by atoms with Crippen molar-refractivity contribution in [3.05, 3.63) is 34.9 Å². The van der Waals surface area contributed by atoms with Crippen LogP contribution in [0.1, 0.15) is 36.0 Å². The number of hydrogen-bond acceptors (Lipinski definition) is 3. The fraction of sp³-hybridized carbons (Fsp3) is 0.611. The number of likely N-dealkylation sites (tertiary alicyclic amines) is 1. The van der Waals surface area contributed by atoms with Crippen molar-refractivity contribution in [2.75, 3.05) is 26.7 Å². The average Bonchev–Trinajstić information content (AvgIpc) is 3.04. The van der Waals surface area contributed by atoms with Crippen LogP contribution in [0.3, 0.4) is 0 Å². The minimum Gasteiger partial charge on any atom is -0.390 e. The minimum absolute atomic E-state index is 0.0552. The molecule has 1 aromatic rings. The van der Waals surface area contributed by atoms with Crippen molar-refractivity contribution in [2.45, 2.75) is 37.8 Å². The highest BCUT2D eigenvalue weighted by atomic mass is 35.5. The Morgan fingerprint density at radius 1 is 1.30 bits per heavy atom. The highest BCUT2D eigenvalue weighted by Crippen LogP contribution is 2.31. The van der Waals surface area contributed by atoms with E-state index in [0.29, 0.717) is 16.5 Å². The molecule has 23 heavy (non-hydrogen) atoms. The normalized spacial score (nSPS) is 21.2. The van der Waals surface area contributed by atoms with Gasteiger partial charge in [-0.25, -0.2) is 0 Å². The lowest BCUT2D eigenvalue weighted by Crippen LogP contribution is -2.57. The predicted molar refractivity (Wildman–Crippen MR) is 91.7 cm³/mol. The van der Waals surface area contributed by atoms with Crippen LogP contribution in [-0.2, 0) is 0 Å². The fourth-order valence-corrected chi connectivity index (χ4v) is 3.96. The Morgan fingerprint density at radius 3 is 2.48 bits per heavy atom. The zero-order valence-electron chi connectivity index (χ0n) is 13.6. The van der Waals surface area contributed by atoms with E-state index in [1.54, 1.807) is 24.3 Å². The number of nitrogens with zero attached hydrogens (tertiary/aromatic N) is 2. The first-order chi connectivity index (χ1) is 11.0. The number of β-amino-alcohol motifs (C(OH)–C–C–N with tert-alkyl or cyclic N) is 1. The van der Waals surface area contributed by atoms with Crippen molar-refractivity contribution in [2.24, 2.45) is 5.92 Å². The topological polar surface area (TPSA) is 43.8 Å². The molecule has 1 heterocycles. The second-order valence-corrected chi connectivity index (χ2v) is 7.34. The van der Waals surface area contributed by atoms with Gasteiger partial charge in [-0.1, -0.05) is 24.4 Å². The van der Waals surface area contributed by atoms with E-state index in [9.17, 15) is 9.90 Å². The van der Waals surface area contributed by atoms with Crippen LogP contribution in [0.25, 0.3) is 0 Å². The van der Waals surface area contributed by atoms with E-state index in [-0.39, 0.29) is 18.1 Å². The lowest BCUT2D eigenvalue weighted by Gasteiger charge is -2.42. The maximum absolute atomic E-state index is 12.8. The van der Waals surface area contributed by atoms with Gasteiger partial charge in [0.2, 0.25) is 0 Å². The van der Waals surface area contributed by atoms with Gasteiger partial charge in [0.05, 0.1) is 6.10 Å². The van der Waals surface area contributed by atoms with Gasteiger partial charge in [-0.05, 0) is 43.0 Å². The molecule has 2 fully saturated rings. The molecular formula is C18H25ClN2O2. The summed E-state index contributed by atoms with van der Waals surface area (Å²) >= 11 is 5.92. The van der Waals surface area contributed by atoms with Gasteiger partial charge in [0.15, 0.2) is 0 Å². The van der Waals surface area contributed by atoms with E-state index in [1.807, 2.05) is 11.9 Å². The van der Waals surface area contributed by atoms with Crippen LogP contribution in [0, 0.1) is 5.92 Å². The van der Waals surface area contributed by atoms with Gasteiger partial charge < -0.3 is 10.0 Å². The smallest absolute Gasteiger partial charge is 0.253 e. The molecule has 2 aliphatic rings. The van der Waals surface area contributed by atoms with Crippen molar-refractivity contribution in [1.82, 2.24) is 9.80 Å². The summed E-state index contributed by atoms with van der Waals surface area (Å²) in [7, 11) is 1.91. The molecule has 1 N–H and O–H groups in total. The van der Waals surface area contributed by atoms with Crippen LogP contribution in [0.15, 0.2) is 24.3 Å². The van der Waals surface area contributed by atoms with Crippen molar-refractivity contribution in [3.8, 4) is 0 Å². The van der Waals surface area contributed by atoms with Gasteiger partial charge in [0.25, 0.3) is 5.91 Å². The molecule has 126 valence electrons. The maximum Gasteiger partial charge on any atom is 0.253 e. The standard InChI is InChI=1S/C18H25ClN2O2/c1-20(18(23)14-6-8-15(19)9-7-14)17(13-4-2-3-5-13)12-21-10-16(22)11-21/h6-9,13,16-17,22H,2-5,10-12H2,1H3. The van der Waals surface area contributed by atoms with E-state index in [0.717, 1.165) is 19.6 Å². The summed E-state index contributed by atoms with van der Waals surface area (Å²) in [5, 5.41) is 10.2. The molecule has 3 rings (SSSR count). The molecule has 1 saturated carbocycles. The largest absolute Gasteiger partial charge is 0.390 e. The Morgan fingerprint density at radius 2 is 1.91 bits per heavy atom. The Labute approximate surface area is 143 Å². The molecule has 1 saturated heterocycles. The van der Waals surface area contributed by atoms with E-state index >= 15 is 0 Å². The predicted octanol–water partition coefficient (Wildman–Crippen LogP) is 2.65. The number of amides is 1. The average molecular weight is 337 g/mol. The summed E-state index contributed by atoms with van der Waals surface area (Å²) in [5.74, 6) is 0.619. The molecule has 0 radical (unpaired) electrons. The number of carbonyl (C=O) groups is 1. The molecule has 1 unspecified atom stereocenters. The van der Waals surface area contributed by atoms with Gasteiger partial charge in [0.1, 0.15) is 0 Å². The summed E-state index contributed by atoms with van der Waals surface area (Å²) < 4.78 is 0. The molecule has 5 heteroatoms. The van der Waals surface area contributed by atoms with E-state index < -0.39 is 0 Å². The van der Waals surface area contributed by atoms with Gasteiger partial charge in [-0.15, -0.1) is 0 Å². The van der Waals surface area contributed by atoms with Gasteiger partial charge in [-0.2, -0.15) is 0 Å². The molecule has 1 atom stereocenters.